The zero-order valence-electron chi connectivity index (χ0n) is 11.0. The van der Waals surface area contributed by atoms with E-state index in [0.29, 0.717) is 0 Å². The summed E-state index contributed by atoms with van der Waals surface area (Å²) >= 11 is 6.42. The molecule has 3 heteroatoms. The highest BCUT2D eigenvalue weighted by atomic mass is 32.2. The Bertz CT molecular complexity index is 960. The Hall–Kier alpha value is -1.58. The van der Waals surface area contributed by atoms with Crippen molar-refractivity contribution >= 4 is 62.4 Å². The number of nitrogens with two attached hydrogens (primary N) is 1. The van der Waals surface area contributed by atoms with Gasteiger partial charge in [0.1, 0.15) is 0 Å². The molecule has 0 aromatic heterocycles. The first kappa shape index (κ1) is 12.2. The van der Waals surface area contributed by atoms with Gasteiger partial charge in [-0.15, -0.1) is 24.4 Å². The summed E-state index contributed by atoms with van der Waals surface area (Å²) in [6, 6.07) is 14.9. The lowest BCUT2D eigenvalue weighted by atomic mass is 9.93. The number of benzene rings is 4. The van der Waals surface area contributed by atoms with E-state index in [1.165, 1.54) is 31.8 Å². The normalized spacial score (nSPS) is 11.9. The van der Waals surface area contributed by atoms with Gasteiger partial charge in [-0.05, 0) is 45.3 Å². The van der Waals surface area contributed by atoms with Crippen LogP contribution in [-0.2, 0) is 0 Å². The number of hydrogen-bond donors (Lipinski definition) is 2. The quantitative estimate of drug-likeness (QED) is 0.219. The van der Waals surface area contributed by atoms with E-state index in [-0.39, 0.29) is 0 Å². The van der Waals surface area contributed by atoms with Crippen molar-refractivity contribution < 1.29 is 0 Å². The lowest BCUT2D eigenvalue weighted by Gasteiger charge is -2.15. The van der Waals surface area contributed by atoms with Crippen LogP contribution in [0.15, 0.2) is 52.3 Å². The van der Waals surface area contributed by atoms with Crippen molar-refractivity contribution in [1.29, 1.82) is 0 Å². The van der Waals surface area contributed by atoms with Crippen molar-refractivity contribution in [3.05, 3.63) is 42.5 Å². The molecule has 2 N–H and O–H groups in total. The third-order valence-corrected chi connectivity index (χ3v) is 5.12. The van der Waals surface area contributed by atoms with Gasteiger partial charge in [-0.1, -0.05) is 30.3 Å². The Kier molecular flexibility index (Phi) is 2.56. The lowest BCUT2D eigenvalue weighted by molar-refractivity contribution is 1.45. The lowest BCUT2D eigenvalue weighted by Crippen LogP contribution is -1.91. The van der Waals surface area contributed by atoms with Crippen LogP contribution in [0.3, 0.4) is 0 Å². The highest BCUT2D eigenvalue weighted by molar-refractivity contribution is 7.98. The zero-order chi connectivity index (χ0) is 13.9. The fourth-order valence-corrected chi connectivity index (χ4v) is 4.07. The Morgan fingerprint density at radius 2 is 1.60 bits per heavy atom. The molecule has 0 spiro atoms. The summed E-state index contributed by atoms with van der Waals surface area (Å²) in [6.45, 7) is 0. The van der Waals surface area contributed by atoms with Crippen LogP contribution < -0.4 is 5.73 Å². The van der Waals surface area contributed by atoms with Gasteiger partial charge in [-0.25, -0.2) is 0 Å². The smallest absolute Gasteiger partial charge is 0.0394 e. The number of rotatable bonds is 1. The molecule has 1 nitrogen and oxygen atoms in total. The van der Waals surface area contributed by atoms with Crippen LogP contribution in [0.5, 0.6) is 0 Å². The molecule has 0 aliphatic carbocycles. The maximum Gasteiger partial charge on any atom is 0.0394 e. The minimum Gasteiger partial charge on any atom is -0.398 e. The summed E-state index contributed by atoms with van der Waals surface area (Å²) < 4.78 is 0. The van der Waals surface area contributed by atoms with Crippen LogP contribution in [0.2, 0.25) is 0 Å². The van der Waals surface area contributed by atoms with Crippen LogP contribution in [0.1, 0.15) is 0 Å². The van der Waals surface area contributed by atoms with Crippen LogP contribution in [0, 0.1) is 0 Å². The van der Waals surface area contributed by atoms with Gasteiger partial charge in [0.25, 0.3) is 0 Å². The number of nitrogen functional groups attached to an aromatic ring is 1. The van der Waals surface area contributed by atoms with E-state index in [1.54, 1.807) is 11.8 Å². The predicted octanol–water partition coefficient (Wildman–Crippen LogP) is 5.18. The van der Waals surface area contributed by atoms with Gasteiger partial charge in [0.05, 0.1) is 0 Å². The molecule has 0 fully saturated rings. The Morgan fingerprint density at radius 1 is 0.900 bits per heavy atom. The summed E-state index contributed by atoms with van der Waals surface area (Å²) in [4.78, 5) is 2.29. The molecule has 0 aliphatic rings. The van der Waals surface area contributed by atoms with Gasteiger partial charge in [0, 0.05) is 20.9 Å². The number of thiol groups is 1. The fourth-order valence-electron chi connectivity index (χ4n) is 3.04. The van der Waals surface area contributed by atoms with E-state index in [1.807, 2.05) is 6.07 Å². The molecule has 0 saturated heterocycles. The van der Waals surface area contributed by atoms with Crippen molar-refractivity contribution in [2.45, 2.75) is 9.79 Å². The van der Waals surface area contributed by atoms with Crippen LogP contribution >= 0.6 is 24.4 Å². The number of hydrogen-bond acceptors (Lipinski definition) is 3. The monoisotopic (exact) mass is 295 g/mol. The second-order valence-electron chi connectivity index (χ2n) is 5.00. The summed E-state index contributed by atoms with van der Waals surface area (Å²) in [5.41, 5.74) is 6.99. The maximum absolute atomic E-state index is 6.15. The van der Waals surface area contributed by atoms with Crippen molar-refractivity contribution in [3.63, 3.8) is 0 Å². The largest absolute Gasteiger partial charge is 0.398 e. The zero-order valence-corrected chi connectivity index (χ0v) is 12.7. The molecule has 0 heterocycles. The van der Waals surface area contributed by atoms with Crippen molar-refractivity contribution in [2.24, 2.45) is 0 Å². The summed E-state index contributed by atoms with van der Waals surface area (Å²) in [7, 11) is 0. The molecule has 0 amide bonds. The molecule has 0 aliphatic heterocycles. The Balaban J connectivity index is 2.41. The average molecular weight is 295 g/mol. The molecule has 4 aromatic carbocycles. The van der Waals surface area contributed by atoms with E-state index in [2.05, 4.69) is 55.3 Å². The van der Waals surface area contributed by atoms with E-state index < -0.39 is 0 Å². The summed E-state index contributed by atoms with van der Waals surface area (Å²) in [5.74, 6) is 0. The van der Waals surface area contributed by atoms with E-state index in [9.17, 15) is 0 Å². The second-order valence-corrected chi connectivity index (χ2v) is 6.33. The second kappa shape index (κ2) is 4.21. The van der Waals surface area contributed by atoms with Crippen molar-refractivity contribution in [2.75, 3.05) is 12.0 Å². The standard InChI is InChI=1S/C17H13NS2/c1-20-15-8-14(19)11-4-2-9-3-7-13(18)10-5-6-12(15)17(11)16(9)10/h2-8,19H,18H2,1H3. The highest BCUT2D eigenvalue weighted by Crippen LogP contribution is 2.42. The topological polar surface area (TPSA) is 26.0 Å². The molecule has 0 radical (unpaired) electrons. The van der Waals surface area contributed by atoms with E-state index in [0.717, 1.165) is 16.0 Å². The molecular formula is C17H13NS2. The first-order chi connectivity index (χ1) is 9.70. The van der Waals surface area contributed by atoms with Crippen LogP contribution in [-0.4, -0.2) is 6.26 Å². The predicted molar refractivity (Wildman–Crippen MR) is 93.6 cm³/mol. The third-order valence-electron chi connectivity index (χ3n) is 3.98. The van der Waals surface area contributed by atoms with E-state index >= 15 is 0 Å². The first-order valence-corrected chi connectivity index (χ1v) is 8.11. The minimum absolute atomic E-state index is 0.835. The van der Waals surface area contributed by atoms with Gasteiger partial charge in [0.15, 0.2) is 0 Å². The molecule has 4 aromatic rings. The highest BCUT2D eigenvalue weighted by Gasteiger charge is 2.13. The maximum atomic E-state index is 6.15. The van der Waals surface area contributed by atoms with Crippen molar-refractivity contribution in [1.82, 2.24) is 0 Å². The van der Waals surface area contributed by atoms with E-state index in [4.69, 9.17) is 5.73 Å². The molecular weight excluding hydrogens is 282 g/mol. The van der Waals surface area contributed by atoms with Gasteiger partial charge in [0.2, 0.25) is 0 Å². The number of thioether (sulfide) groups is 1. The molecule has 0 bridgehead atoms. The summed E-state index contributed by atoms with van der Waals surface area (Å²) in [6.07, 6.45) is 2.10. The SMILES string of the molecule is CSc1cc(S)c2ccc3ccc(N)c4ccc1c2c34. The molecule has 0 unspecified atom stereocenters. The van der Waals surface area contributed by atoms with Crippen LogP contribution in [0.25, 0.3) is 32.3 Å². The summed E-state index contributed by atoms with van der Waals surface area (Å²) in [5, 5.41) is 7.39. The Labute approximate surface area is 126 Å². The third kappa shape index (κ3) is 1.48. The molecule has 0 saturated carbocycles. The fraction of sp³-hybridized carbons (Fsp3) is 0.0588. The molecule has 20 heavy (non-hydrogen) atoms. The van der Waals surface area contributed by atoms with Gasteiger partial charge in [-0.2, -0.15) is 0 Å². The van der Waals surface area contributed by atoms with Gasteiger partial charge < -0.3 is 5.73 Å². The molecule has 0 atom stereocenters. The first-order valence-electron chi connectivity index (χ1n) is 6.43. The number of anilines is 1. The average Bonchev–Trinajstić information content (AvgIpc) is 2.48. The van der Waals surface area contributed by atoms with Crippen LogP contribution in [0.4, 0.5) is 5.69 Å². The molecule has 4 rings (SSSR count). The van der Waals surface area contributed by atoms with Crippen molar-refractivity contribution in [3.8, 4) is 0 Å². The minimum atomic E-state index is 0.835. The Morgan fingerprint density at radius 3 is 2.40 bits per heavy atom. The van der Waals surface area contributed by atoms with Gasteiger partial charge in [-0.3, -0.25) is 0 Å². The van der Waals surface area contributed by atoms with Gasteiger partial charge >= 0.3 is 0 Å². The molecule has 98 valence electrons.